The van der Waals surface area contributed by atoms with Gasteiger partial charge in [-0.25, -0.2) is 18.0 Å². The maximum atomic E-state index is 12.4. The van der Waals surface area contributed by atoms with E-state index in [9.17, 15) is 33.2 Å². The highest BCUT2D eigenvalue weighted by atomic mass is 32.2. The summed E-state index contributed by atoms with van der Waals surface area (Å²) in [5, 5.41) is 31.9. The van der Waals surface area contributed by atoms with E-state index in [4.69, 9.17) is 5.11 Å². The summed E-state index contributed by atoms with van der Waals surface area (Å²) in [5.41, 5.74) is 0.0935. The molecule has 154 valence electrons. The topological polar surface area (TPSA) is 164 Å². The van der Waals surface area contributed by atoms with Gasteiger partial charge in [0.25, 0.3) is 5.69 Å². The van der Waals surface area contributed by atoms with Crippen molar-refractivity contribution in [3.8, 4) is 0 Å². The van der Waals surface area contributed by atoms with E-state index in [2.05, 4.69) is 5.32 Å². The van der Waals surface area contributed by atoms with Crippen molar-refractivity contribution < 1.29 is 33.1 Å². The molecular formula is C18H18N2O8S. The molecule has 0 spiro atoms. The number of benzene rings is 2. The number of nitrogens with zero attached hydrogens (tertiary/aromatic N) is 1. The van der Waals surface area contributed by atoms with Gasteiger partial charge in [-0.2, -0.15) is 0 Å². The van der Waals surface area contributed by atoms with Crippen LogP contribution in [0.25, 0.3) is 0 Å². The first-order valence-corrected chi connectivity index (χ1v) is 10.1. The fourth-order valence-corrected chi connectivity index (χ4v) is 4.10. The number of hydrogen-bond donors (Lipinski definition) is 3. The molecule has 2 aromatic rings. The van der Waals surface area contributed by atoms with Crippen molar-refractivity contribution in [2.45, 2.75) is 18.7 Å². The summed E-state index contributed by atoms with van der Waals surface area (Å²) in [7, 11) is -3.87. The van der Waals surface area contributed by atoms with Gasteiger partial charge >= 0.3 is 11.9 Å². The Bertz CT molecular complexity index is 1050. The third-order valence-electron chi connectivity index (χ3n) is 4.00. The molecule has 0 saturated heterocycles. The Morgan fingerprint density at radius 2 is 1.76 bits per heavy atom. The number of carboxylic acid groups (broad SMARTS) is 2. The van der Waals surface area contributed by atoms with Gasteiger partial charge in [-0.05, 0) is 24.6 Å². The maximum absolute atomic E-state index is 12.4. The van der Waals surface area contributed by atoms with Crippen LogP contribution in [0, 0.1) is 17.0 Å². The lowest BCUT2D eigenvalue weighted by Gasteiger charge is -2.16. The van der Waals surface area contributed by atoms with Gasteiger partial charge in [0.2, 0.25) is 0 Å². The summed E-state index contributed by atoms with van der Waals surface area (Å²) < 4.78 is 24.9. The highest BCUT2D eigenvalue weighted by Gasteiger charge is 2.28. The second kappa shape index (κ2) is 8.69. The lowest BCUT2D eigenvalue weighted by molar-refractivity contribution is -0.384. The number of carbonyl (C=O) groups is 2. The molecule has 0 radical (unpaired) electrons. The molecule has 0 saturated carbocycles. The molecule has 11 heteroatoms. The number of carboxylic acids is 2. The van der Waals surface area contributed by atoms with Crippen LogP contribution in [0.2, 0.25) is 0 Å². The largest absolute Gasteiger partial charge is 0.480 e. The zero-order valence-corrected chi connectivity index (χ0v) is 16.0. The molecule has 29 heavy (non-hydrogen) atoms. The Kier molecular flexibility index (Phi) is 6.54. The average molecular weight is 422 g/mol. The lowest BCUT2D eigenvalue weighted by atomic mass is 10.1. The molecular weight excluding hydrogens is 404 g/mol. The van der Waals surface area contributed by atoms with Crippen molar-refractivity contribution in [3.05, 3.63) is 69.3 Å². The van der Waals surface area contributed by atoms with E-state index in [1.807, 2.05) is 6.92 Å². The summed E-state index contributed by atoms with van der Waals surface area (Å²) in [6.07, 6.45) is 0. The van der Waals surface area contributed by atoms with Gasteiger partial charge in [-0.1, -0.05) is 29.8 Å². The number of aromatic carboxylic acids is 1. The fraction of sp³-hybridized carbons (Fsp3) is 0.222. The molecule has 3 N–H and O–H groups in total. The molecule has 1 atom stereocenters. The molecule has 0 fully saturated rings. The quantitative estimate of drug-likeness (QED) is 0.405. The van der Waals surface area contributed by atoms with Crippen LogP contribution in [0.3, 0.4) is 0 Å². The molecule has 0 bridgehead atoms. The Morgan fingerprint density at radius 1 is 1.14 bits per heavy atom. The predicted molar refractivity (Wildman–Crippen MR) is 104 cm³/mol. The zero-order chi connectivity index (χ0) is 21.8. The van der Waals surface area contributed by atoms with Crippen molar-refractivity contribution in [2.75, 3.05) is 11.1 Å². The fourth-order valence-electron chi connectivity index (χ4n) is 2.55. The molecule has 0 aliphatic heterocycles. The van der Waals surface area contributed by atoms with Crippen LogP contribution in [-0.4, -0.2) is 47.3 Å². The summed E-state index contributed by atoms with van der Waals surface area (Å²) in [5.74, 6) is -4.11. The summed E-state index contributed by atoms with van der Waals surface area (Å²) >= 11 is 0. The Hall–Kier alpha value is -3.47. The van der Waals surface area contributed by atoms with E-state index in [0.29, 0.717) is 5.56 Å². The number of hydrogen-bond acceptors (Lipinski definition) is 7. The predicted octanol–water partition coefficient (Wildman–Crippen LogP) is 2.08. The average Bonchev–Trinajstić information content (AvgIpc) is 2.62. The van der Waals surface area contributed by atoms with E-state index < -0.39 is 49.9 Å². The standard InChI is InChI=1S/C18H18N2O8S/c1-11-2-4-12(5-3-11)9-29(27,28)10-15(18(23)24)19-14-7-6-13(17(21)22)8-16(14)20(25)26/h2-8,15,19H,9-10H2,1H3,(H,21,22)(H,23,24)/t15-/m1/s1. The summed E-state index contributed by atoms with van der Waals surface area (Å²) in [6, 6.07) is 7.87. The van der Waals surface area contributed by atoms with E-state index in [1.165, 1.54) is 0 Å². The SMILES string of the molecule is Cc1ccc(CS(=O)(=O)C[C@@H](Nc2ccc(C(=O)O)cc2[N+](=O)[O-])C(=O)O)cc1. The van der Waals surface area contributed by atoms with Crippen molar-refractivity contribution in [1.29, 1.82) is 0 Å². The van der Waals surface area contributed by atoms with Gasteiger partial charge in [0.1, 0.15) is 11.7 Å². The number of rotatable bonds is 9. The van der Waals surface area contributed by atoms with Gasteiger partial charge in [-0.3, -0.25) is 10.1 Å². The number of nitro benzene ring substituents is 1. The molecule has 0 unspecified atom stereocenters. The van der Waals surface area contributed by atoms with Crippen LogP contribution >= 0.6 is 0 Å². The number of sulfone groups is 1. The van der Waals surface area contributed by atoms with Crippen LogP contribution in [0.5, 0.6) is 0 Å². The minimum Gasteiger partial charge on any atom is -0.480 e. The first kappa shape index (κ1) is 21.8. The number of anilines is 1. The third kappa shape index (κ3) is 6.01. The highest BCUT2D eigenvalue weighted by molar-refractivity contribution is 7.90. The van der Waals surface area contributed by atoms with Crippen molar-refractivity contribution in [1.82, 2.24) is 0 Å². The van der Waals surface area contributed by atoms with Gasteiger partial charge < -0.3 is 15.5 Å². The van der Waals surface area contributed by atoms with Crippen LogP contribution in [0.1, 0.15) is 21.5 Å². The zero-order valence-electron chi connectivity index (χ0n) is 15.2. The van der Waals surface area contributed by atoms with Gasteiger partial charge in [0.15, 0.2) is 9.84 Å². The molecule has 0 heterocycles. The Balaban J connectivity index is 2.26. The monoisotopic (exact) mass is 422 g/mol. The molecule has 2 aromatic carbocycles. The molecule has 0 aliphatic rings. The Morgan fingerprint density at radius 3 is 2.28 bits per heavy atom. The molecule has 0 aromatic heterocycles. The van der Waals surface area contributed by atoms with Crippen LogP contribution in [-0.2, 0) is 20.4 Å². The highest BCUT2D eigenvalue weighted by Crippen LogP contribution is 2.27. The minimum absolute atomic E-state index is 0.294. The lowest BCUT2D eigenvalue weighted by Crippen LogP contribution is -2.37. The number of aryl methyl sites for hydroxylation is 1. The van der Waals surface area contributed by atoms with E-state index >= 15 is 0 Å². The number of aliphatic carboxylic acids is 1. The second-order valence-corrected chi connectivity index (χ2v) is 8.48. The molecule has 2 rings (SSSR count). The first-order valence-electron chi connectivity index (χ1n) is 8.25. The van der Waals surface area contributed by atoms with E-state index in [1.54, 1.807) is 24.3 Å². The summed E-state index contributed by atoms with van der Waals surface area (Å²) in [6.45, 7) is 1.84. The minimum atomic E-state index is -3.87. The van der Waals surface area contributed by atoms with Crippen molar-refractivity contribution in [2.24, 2.45) is 0 Å². The van der Waals surface area contributed by atoms with Crippen LogP contribution in [0.4, 0.5) is 11.4 Å². The van der Waals surface area contributed by atoms with Gasteiger partial charge in [-0.15, -0.1) is 0 Å². The summed E-state index contributed by atoms with van der Waals surface area (Å²) in [4.78, 5) is 32.9. The number of nitro groups is 1. The van der Waals surface area contributed by atoms with Crippen molar-refractivity contribution in [3.63, 3.8) is 0 Å². The molecule has 0 aliphatic carbocycles. The smallest absolute Gasteiger partial charge is 0.335 e. The maximum Gasteiger partial charge on any atom is 0.335 e. The first-order chi connectivity index (χ1) is 13.5. The van der Waals surface area contributed by atoms with E-state index in [-0.39, 0.29) is 11.3 Å². The normalized spacial score (nSPS) is 12.2. The molecule has 0 amide bonds. The molecule has 10 nitrogen and oxygen atoms in total. The Labute approximate surface area is 165 Å². The van der Waals surface area contributed by atoms with Crippen molar-refractivity contribution >= 4 is 33.2 Å². The van der Waals surface area contributed by atoms with Gasteiger partial charge in [0.05, 0.1) is 22.0 Å². The third-order valence-corrected chi connectivity index (χ3v) is 5.61. The van der Waals surface area contributed by atoms with Gasteiger partial charge in [0, 0.05) is 6.07 Å². The second-order valence-electron chi connectivity index (χ2n) is 6.37. The van der Waals surface area contributed by atoms with Crippen LogP contribution in [0.15, 0.2) is 42.5 Å². The van der Waals surface area contributed by atoms with E-state index in [0.717, 1.165) is 23.8 Å². The van der Waals surface area contributed by atoms with Crippen LogP contribution < -0.4 is 5.32 Å². The number of nitrogens with one attached hydrogen (secondary N) is 1.